The van der Waals surface area contributed by atoms with Gasteiger partial charge in [-0.2, -0.15) is 0 Å². The van der Waals surface area contributed by atoms with E-state index in [0.717, 1.165) is 22.3 Å². The van der Waals surface area contributed by atoms with Gasteiger partial charge in [0.2, 0.25) is 0 Å². The highest BCUT2D eigenvalue weighted by atomic mass is 16.5. The maximum absolute atomic E-state index is 12.4. The number of rotatable bonds is 2. The molecule has 0 aromatic heterocycles. The Balaban J connectivity index is 2.31. The minimum atomic E-state index is -0.407. The number of carbonyl (C=O) groups excluding carboxylic acids is 1. The van der Waals surface area contributed by atoms with Crippen molar-refractivity contribution in [2.45, 2.75) is 0 Å². The van der Waals surface area contributed by atoms with E-state index in [1.165, 1.54) is 7.11 Å². The molecule has 1 aliphatic rings. The molecule has 0 saturated carbocycles. The van der Waals surface area contributed by atoms with Gasteiger partial charge in [0.05, 0.1) is 12.7 Å². The molecule has 4 heteroatoms. The highest BCUT2D eigenvalue weighted by Gasteiger charge is 2.23. The summed E-state index contributed by atoms with van der Waals surface area (Å²) in [5, 5.41) is 12.5. The van der Waals surface area contributed by atoms with Gasteiger partial charge in [-0.25, -0.2) is 4.79 Å². The summed E-state index contributed by atoms with van der Waals surface area (Å²) in [6.45, 7) is 0. The molecule has 0 aliphatic heterocycles. The van der Waals surface area contributed by atoms with E-state index in [1.807, 2.05) is 54.6 Å². The van der Waals surface area contributed by atoms with Gasteiger partial charge in [-0.1, -0.05) is 65.8 Å². The van der Waals surface area contributed by atoms with Crippen molar-refractivity contribution in [1.29, 1.82) is 0 Å². The topological polar surface area (TPSA) is 58.9 Å². The summed E-state index contributed by atoms with van der Waals surface area (Å²) in [5.74, 6) is -0.407. The van der Waals surface area contributed by atoms with Gasteiger partial charge in [-0.3, -0.25) is 0 Å². The van der Waals surface area contributed by atoms with Crippen LogP contribution in [0.3, 0.4) is 0 Å². The Bertz CT molecular complexity index is 833. The molecule has 1 N–H and O–H groups in total. The molecule has 0 heterocycles. The van der Waals surface area contributed by atoms with E-state index in [9.17, 15) is 4.79 Å². The van der Waals surface area contributed by atoms with Gasteiger partial charge in [0.1, 0.15) is 5.71 Å². The first-order valence-electron chi connectivity index (χ1n) is 7.14. The summed E-state index contributed by atoms with van der Waals surface area (Å²) < 4.78 is 4.98. The summed E-state index contributed by atoms with van der Waals surface area (Å²) >= 11 is 0. The van der Waals surface area contributed by atoms with E-state index >= 15 is 0 Å². The molecule has 4 nitrogen and oxygen atoms in total. The van der Waals surface area contributed by atoms with E-state index in [1.54, 1.807) is 12.2 Å². The van der Waals surface area contributed by atoms with Crippen LogP contribution in [0.4, 0.5) is 0 Å². The Kier molecular flexibility index (Phi) is 4.06. The number of esters is 1. The number of methoxy groups -OCH3 is 1. The van der Waals surface area contributed by atoms with Crippen LogP contribution >= 0.6 is 0 Å². The standard InChI is InChI=1S/C19H15NO3/c1-23-19(21)18(13-7-3-2-4-8-13)16-11-12-17(20-22)15-10-6-5-9-14(15)16/h2-12,22H,1H3/b18-16-,20-17+. The van der Waals surface area contributed by atoms with Crippen LogP contribution in [0.1, 0.15) is 16.7 Å². The van der Waals surface area contributed by atoms with Crippen LogP contribution in [0.2, 0.25) is 0 Å². The SMILES string of the molecule is COC(=O)/C(=C1C=C/C(=N\O)c2ccccc2/1)c1ccccc1. The van der Waals surface area contributed by atoms with Crippen molar-refractivity contribution in [2.24, 2.45) is 5.16 Å². The monoisotopic (exact) mass is 305 g/mol. The first-order valence-corrected chi connectivity index (χ1v) is 7.14. The second-order valence-corrected chi connectivity index (χ2v) is 5.01. The molecule has 2 aromatic carbocycles. The van der Waals surface area contributed by atoms with Gasteiger partial charge in [0.15, 0.2) is 0 Å². The van der Waals surface area contributed by atoms with Gasteiger partial charge in [0, 0.05) is 5.56 Å². The van der Waals surface area contributed by atoms with Gasteiger partial charge in [-0.15, -0.1) is 0 Å². The zero-order valence-corrected chi connectivity index (χ0v) is 12.6. The first-order chi connectivity index (χ1) is 11.3. The highest BCUT2D eigenvalue weighted by molar-refractivity contribution is 6.29. The van der Waals surface area contributed by atoms with Crippen LogP contribution in [-0.2, 0) is 9.53 Å². The summed E-state index contributed by atoms with van der Waals surface area (Å²) in [4.78, 5) is 12.4. The molecule has 0 saturated heterocycles. The van der Waals surface area contributed by atoms with E-state index in [2.05, 4.69) is 5.16 Å². The fraction of sp³-hybridized carbons (Fsp3) is 0.0526. The fourth-order valence-corrected chi connectivity index (χ4v) is 2.68. The maximum atomic E-state index is 12.4. The average molecular weight is 305 g/mol. The van der Waals surface area contributed by atoms with E-state index in [-0.39, 0.29) is 0 Å². The molecular formula is C19H15NO3. The number of hydrogen-bond donors (Lipinski definition) is 1. The van der Waals surface area contributed by atoms with Gasteiger partial charge >= 0.3 is 5.97 Å². The largest absolute Gasteiger partial charge is 0.465 e. The number of nitrogens with zero attached hydrogens (tertiary/aromatic N) is 1. The van der Waals surface area contributed by atoms with Crippen LogP contribution < -0.4 is 0 Å². The normalized spacial score (nSPS) is 16.8. The Labute approximate surface area is 134 Å². The lowest BCUT2D eigenvalue weighted by molar-refractivity contribution is -0.133. The van der Waals surface area contributed by atoms with Crippen LogP contribution in [0.15, 0.2) is 71.9 Å². The van der Waals surface area contributed by atoms with Crippen LogP contribution in [-0.4, -0.2) is 24.0 Å². The number of oxime groups is 1. The van der Waals surface area contributed by atoms with Gasteiger partial charge < -0.3 is 9.94 Å². The number of hydrogen-bond acceptors (Lipinski definition) is 4. The predicted molar refractivity (Wildman–Crippen MR) is 89.2 cm³/mol. The van der Waals surface area contributed by atoms with Crippen molar-refractivity contribution < 1.29 is 14.7 Å². The first kappa shape index (κ1) is 14.8. The Hall–Kier alpha value is -3.14. The molecule has 2 aromatic rings. The zero-order chi connectivity index (χ0) is 16.2. The van der Waals surface area contributed by atoms with Crippen LogP contribution in [0.5, 0.6) is 0 Å². The minimum Gasteiger partial charge on any atom is -0.465 e. The summed E-state index contributed by atoms with van der Waals surface area (Å²) in [6.07, 6.45) is 3.46. The van der Waals surface area contributed by atoms with E-state index in [0.29, 0.717) is 11.3 Å². The average Bonchev–Trinajstić information content (AvgIpc) is 2.62. The number of carbonyl (C=O) groups is 1. The molecule has 0 radical (unpaired) electrons. The maximum Gasteiger partial charge on any atom is 0.339 e. The predicted octanol–water partition coefficient (Wildman–Crippen LogP) is 3.52. The van der Waals surface area contributed by atoms with Crippen LogP contribution in [0.25, 0.3) is 11.1 Å². The number of benzene rings is 2. The highest BCUT2D eigenvalue weighted by Crippen LogP contribution is 2.33. The molecule has 0 atom stereocenters. The van der Waals surface area contributed by atoms with Crippen LogP contribution in [0, 0.1) is 0 Å². The molecular weight excluding hydrogens is 290 g/mol. The molecule has 1 aliphatic carbocycles. The smallest absolute Gasteiger partial charge is 0.339 e. The molecule has 3 rings (SSSR count). The Morgan fingerprint density at radius 1 is 0.957 bits per heavy atom. The van der Waals surface area contributed by atoms with Gasteiger partial charge in [-0.05, 0) is 22.8 Å². The summed E-state index contributed by atoms with van der Waals surface area (Å²) in [7, 11) is 1.37. The molecule has 0 unspecified atom stereocenters. The molecule has 23 heavy (non-hydrogen) atoms. The molecule has 0 fully saturated rings. The van der Waals surface area contributed by atoms with Crippen molar-refractivity contribution in [3.8, 4) is 0 Å². The Morgan fingerprint density at radius 3 is 2.26 bits per heavy atom. The van der Waals surface area contributed by atoms with Crippen molar-refractivity contribution in [3.63, 3.8) is 0 Å². The third-order valence-corrected chi connectivity index (χ3v) is 3.73. The molecule has 0 bridgehead atoms. The third kappa shape index (κ3) is 2.66. The lowest BCUT2D eigenvalue weighted by atomic mass is 9.86. The molecule has 0 spiro atoms. The number of ether oxygens (including phenoxy) is 1. The summed E-state index contributed by atoms with van der Waals surface area (Å²) in [5.41, 5.74) is 4.05. The minimum absolute atomic E-state index is 0.407. The van der Waals surface area contributed by atoms with Crippen molar-refractivity contribution in [2.75, 3.05) is 7.11 Å². The number of allylic oxidation sites excluding steroid dienone is 3. The van der Waals surface area contributed by atoms with Crippen molar-refractivity contribution in [1.82, 2.24) is 0 Å². The second kappa shape index (κ2) is 6.32. The Morgan fingerprint density at radius 2 is 1.61 bits per heavy atom. The van der Waals surface area contributed by atoms with E-state index < -0.39 is 5.97 Å². The van der Waals surface area contributed by atoms with Gasteiger partial charge in [0.25, 0.3) is 0 Å². The second-order valence-electron chi connectivity index (χ2n) is 5.01. The quantitative estimate of drug-likeness (QED) is 0.400. The van der Waals surface area contributed by atoms with Crippen molar-refractivity contribution in [3.05, 3.63) is 83.4 Å². The third-order valence-electron chi connectivity index (χ3n) is 3.73. The molecule has 0 amide bonds. The lowest BCUT2D eigenvalue weighted by Crippen LogP contribution is -2.11. The summed E-state index contributed by atoms with van der Waals surface area (Å²) in [6, 6.07) is 16.9. The molecule has 114 valence electrons. The zero-order valence-electron chi connectivity index (χ0n) is 12.6. The lowest BCUT2D eigenvalue weighted by Gasteiger charge is -2.18. The fourth-order valence-electron chi connectivity index (χ4n) is 2.68. The van der Waals surface area contributed by atoms with Crippen molar-refractivity contribution >= 4 is 22.8 Å². The van der Waals surface area contributed by atoms with E-state index in [4.69, 9.17) is 9.94 Å². The number of fused-ring (bicyclic) bond motifs is 1.